The van der Waals surface area contributed by atoms with Crippen LogP contribution in [0.2, 0.25) is 0 Å². The zero-order valence-corrected chi connectivity index (χ0v) is 20.4. The highest BCUT2D eigenvalue weighted by Crippen LogP contribution is 2.37. The van der Waals surface area contributed by atoms with Crippen LogP contribution in [0.5, 0.6) is 0 Å². The summed E-state index contributed by atoms with van der Waals surface area (Å²) in [5.74, 6) is 0.0476. The van der Waals surface area contributed by atoms with Gasteiger partial charge in [-0.25, -0.2) is 8.51 Å². The predicted octanol–water partition coefficient (Wildman–Crippen LogP) is 2.36. The van der Waals surface area contributed by atoms with Gasteiger partial charge >= 0.3 is 0 Å². The molecule has 0 spiro atoms. The number of hydrogen-bond acceptors (Lipinski definition) is 5. The molecular formula is C26H30N4O4S. The number of aliphatic hydroxyl groups excluding tert-OH is 1. The van der Waals surface area contributed by atoms with Gasteiger partial charge in [-0.15, -0.1) is 0 Å². The number of nitrogens with one attached hydrogen (secondary N) is 1. The van der Waals surface area contributed by atoms with E-state index in [0.717, 1.165) is 47.2 Å². The summed E-state index contributed by atoms with van der Waals surface area (Å²) in [5.41, 5.74) is 3.96. The van der Waals surface area contributed by atoms with Crippen LogP contribution >= 0.6 is 0 Å². The zero-order valence-electron chi connectivity index (χ0n) is 19.6. The van der Waals surface area contributed by atoms with Gasteiger partial charge in [-0.1, -0.05) is 18.2 Å². The monoisotopic (exact) mass is 494 g/mol. The molecule has 6 rings (SSSR count). The number of aromatic amines is 1. The number of rotatable bonds is 5. The van der Waals surface area contributed by atoms with Gasteiger partial charge in [0.05, 0.1) is 24.2 Å². The molecule has 4 heterocycles. The Balaban J connectivity index is 1.32. The van der Waals surface area contributed by atoms with E-state index in [-0.39, 0.29) is 18.1 Å². The number of aliphatic hydroxyl groups is 1. The number of anilines is 1. The van der Waals surface area contributed by atoms with Crippen molar-refractivity contribution in [1.82, 2.24) is 14.2 Å². The second-order valence-electron chi connectivity index (χ2n) is 9.47. The third kappa shape index (κ3) is 4.27. The van der Waals surface area contributed by atoms with Crippen LogP contribution in [-0.4, -0.2) is 87.5 Å². The van der Waals surface area contributed by atoms with Gasteiger partial charge < -0.3 is 24.6 Å². The van der Waals surface area contributed by atoms with Crippen LogP contribution in [0, 0.1) is 0 Å². The smallest absolute Gasteiger partial charge is 0.241 e. The average molecular weight is 495 g/mol. The Labute approximate surface area is 207 Å². The maximum Gasteiger partial charge on any atom is 0.241 e. The van der Waals surface area contributed by atoms with Crippen molar-refractivity contribution in [3.05, 3.63) is 48.5 Å². The van der Waals surface area contributed by atoms with Crippen molar-refractivity contribution in [1.29, 1.82) is 0 Å². The second kappa shape index (κ2) is 9.39. The van der Waals surface area contributed by atoms with E-state index in [1.54, 1.807) is 4.31 Å². The molecule has 3 saturated heterocycles. The summed E-state index contributed by atoms with van der Waals surface area (Å²) in [6.45, 7) is 4.30. The van der Waals surface area contributed by atoms with Crippen LogP contribution in [0.3, 0.4) is 0 Å². The molecule has 2 N–H and O–H groups in total. The summed E-state index contributed by atoms with van der Waals surface area (Å²) in [6, 6.07) is 15.8. The van der Waals surface area contributed by atoms with Crippen molar-refractivity contribution < 1.29 is 18.8 Å². The van der Waals surface area contributed by atoms with Crippen LogP contribution in [0.25, 0.3) is 22.2 Å². The molecule has 3 aliphatic rings. The quantitative estimate of drug-likeness (QED) is 0.569. The number of H-pyrrole nitrogens is 1. The number of morpholine rings is 1. The Morgan fingerprint density at radius 1 is 1.03 bits per heavy atom. The minimum atomic E-state index is -1.44. The van der Waals surface area contributed by atoms with Gasteiger partial charge in [0.2, 0.25) is 5.91 Å². The molecule has 0 aliphatic carbocycles. The summed E-state index contributed by atoms with van der Waals surface area (Å²) in [4.78, 5) is 21.2. The molecule has 8 nitrogen and oxygen atoms in total. The summed E-state index contributed by atoms with van der Waals surface area (Å²) in [7, 11) is -1.44. The molecule has 35 heavy (non-hydrogen) atoms. The Kier molecular flexibility index (Phi) is 6.09. The first-order chi connectivity index (χ1) is 17.1. The highest BCUT2D eigenvalue weighted by molar-refractivity contribution is 7.82. The number of carbonyl (C=O) groups excluding carboxylic acids is 1. The van der Waals surface area contributed by atoms with Crippen molar-refractivity contribution in [3.8, 4) is 11.3 Å². The first-order valence-corrected chi connectivity index (χ1v) is 13.4. The van der Waals surface area contributed by atoms with Gasteiger partial charge in [0.25, 0.3) is 0 Å². The number of ether oxygens (including phenoxy) is 1. The molecule has 0 bridgehead atoms. The van der Waals surface area contributed by atoms with Gasteiger partial charge in [-0.3, -0.25) is 4.79 Å². The van der Waals surface area contributed by atoms with Crippen LogP contribution in [0.1, 0.15) is 12.8 Å². The van der Waals surface area contributed by atoms with Gasteiger partial charge in [0, 0.05) is 60.6 Å². The predicted molar refractivity (Wildman–Crippen MR) is 135 cm³/mol. The SMILES string of the molecule is O=C(C1CCN1S(=O)c1ccc(N2CCC(O)C2)c(-c2cc3ccccc3[nH]2)c1)N1CCOCC1. The second-order valence-corrected chi connectivity index (χ2v) is 10.9. The zero-order chi connectivity index (χ0) is 23.9. The van der Waals surface area contributed by atoms with E-state index in [4.69, 9.17) is 4.74 Å². The van der Waals surface area contributed by atoms with Crippen molar-refractivity contribution in [3.63, 3.8) is 0 Å². The third-order valence-electron chi connectivity index (χ3n) is 7.29. The van der Waals surface area contributed by atoms with Crippen LogP contribution in [-0.2, 0) is 20.5 Å². The summed E-state index contributed by atoms with van der Waals surface area (Å²) >= 11 is 0. The number of aromatic nitrogens is 1. The van der Waals surface area contributed by atoms with E-state index >= 15 is 0 Å². The van der Waals surface area contributed by atoms with Crippen LogP contribution in [0.15, 0.2) is 53.4 Å². The number of β-amino-alcohol motifs (C(OH)–C–C–N with tert-alkyl or cyclic N) is 1. The molecule has 3 aromatic rings. The van der Waals surface area contributed by atoms with Gasteiger partial charge in [-0.05, 0) is 43.2 Å². The number of carbonyl (C=O) groups is 1. The fraction of sp³-hybridized carbons (Fsp3) is 0.423. The first kappa shape index (κ1) is 22.7. The lowest BCUT2D eigenvalue weighted by molar-refractivity contribution is -0.142. The summed E-state index contributed by atoms with van der Waals surface area (Å²) in [5, 5.41) is 11.2. The van der Waals surface area contributed by atoms with E-state index in [1.807, 2.05) is 41.3 Å². The van der Waals surface area contributed by atoms with Gasteiger partial charge in [0.1, 0.15) is 17.0 Å². The molecule has 0 radical (unpaired) electrons. The van der Waals surface area contributed by atoms with E-state index in [2.05, 4.69) is 22.0 Å². The van der Waals surface area contributed by atoms with Gasteiger partial charge in [-0.2, -0.15) is 0 Å². The minimum Gasteiger partial charge on any atom is -0.391 e. The average Bonchev–Trinajstić information content (AvgIpc) is 3.49. The van der Waals surface area contributed by atoms with E-state index in [0.29, 0.717) is 44.3 Å². The lowest BCUT2D eigenvalue weighted by Crippen LogP contribution is -2.58. The molecule has 184 valence electrons. The lowest BCUT2D eigenvalue weighted by atomic mass is 10.1. The van der Waals surface area contributed by atoms with Gasteiger partial charge in [0.15, 0.2) is 0 Å². The molecule has 9 heteroatoms. The molecule has 0 saturated carbocycles. The lowest BCUT2D eigenvalue weighted by Gasteiger charge is -2.41. The minimum absolute atomic E-state index is 0.0476. The number of hydrogen-bond donors (Lipinski definition) is 2. The first-order valence-electron chi connectivity index (χ1n) is 12.3. The fourth-order valence-electron chi connectivity index (χ4n) is 5.23. The normalized spacial score (nSPS) is 24.0. The maximum atomic E-state index is 13.6. The summed E-state index contributed by atoms with van der Waals surface area (Å²) in [6.07, 6.45) is 1.12. The summed E-state index contributed by atoms with van der Waals surface area (Å²) < 4.78 is 20.8. The molecule has 1 aromatic heterocycles. The number of amides is 1. The Hall–Kier alpha value is -2.72. The molecule has 1 amide bonds. The van der Waals surface area contributed by atoms with Crippen molar-refractivity contribution in [2.45, 2.75) is 29.9 Å². The van der Waals surface area contributed by atoms with E-state index < -0.39 is 11.0 Å². The number of benzene rings is 2. The Morgan fingerprint density at radius 3 is 2.57 bits per heavy atom. The maximum absolute atomic E-state index is 13.6. The Morgan fingerprint density at radius 2 is 1.86 bits per heavy atom. The van der Waals surface area contributed by atoms with Crippen molar-refractivity contribution in [2.24, 2.45) is 0 Å². The number of para-hydroxylation sites is 1. The highest BCUT2D eigenvalue weighted by atomic mass is 32.2. The molecule has 3 aliphatic heterocycles. The Bertz CT molecular complexity index is 1240. The molecule has 3 unspecified atom stereocenters. The molecular weight excluding hydrogens is 464 g/mol. The number of nitrogens with zero attached hydrogens (tertiary/aromatic N) is 3. The topological polar surface area (TPSA) is 89.1 Å². The van der Waals surface area contributed by atoms with Crippen molar-refractivity contribution >= 4 is 33.5 Å². The molecule has 3 atom stereocenters. The van der Waals surface area contributed by atoms with E-state index in [1.165, 1.54) is 0 Å². The third-order valence-corrected chi connectivity index (χ3v) is 8.81. The van der Waals surface area contributed by atoms with Crippen LogP contribution in [0.4, 0.5) is 5.69 Å². The van der Waals surface area contributed by atoms with Crippen molar-refractivity contribution in [2.75, 3.05) is 50.8 Å². The standard InChI is InChI=1S/C26H30N4O4S/c31-19-7-9-29(17-19)24-6-5-20(16-21(24)23-15-18-3-1-2-4-22(18)27-23)35(33)30-10-8-25(30)26(32)28-11-13-34-14-12-28/h1-6,15-16,19,25,27,31H,7-14,17H2. The van der Waals surface area contributed by atoms with E-state index in [9.17, 15) is 14.1 Å². The number of fused-ring (bicyclic) bond motifs is 1. The molecule has 3 fully saturated rings. The largest absolute Gasteiger partial charge is 0.391 e. The molecule has 2 aromatic carbocycles. The fourth-order valence-corrected chi connectivity index (χ4v) is 6.60. The van der Waals surface area contributed by atoms with Crippen LogP contribution < -0.4 is 4.90 Å². The highest BCUT2D eigenvalue weighted by Gasteiger charge is 2.41.